The number of hydrogen-bond acceptors (Lipinski definition) is 3. The zero-order valence-electron chi connectivity index (χ0n) is 10.3. The van der Waals surface area contributed by atoms with Crippen molar-refractivity contribution in [2.45, 2.75) is 19.9 Å². The van der Waals surface area contributed by atoms with Crippen molar-refractivity contribution >= 4 is 5.69 Å². The number of aryl methyl sites for hydroxylation is 1. The lowest BCUT2D eigenvalue weighted by atomic mass is 10.1. The number of hydrogen-bond donors (Lipinski definition) is 0. The largest absolute Gasteiger partial charge is 0.383 e. The normalized spacial score (nSPS) is 11.9. The van der Waals surface area contributed by atoms with Gasteiger partial charge in [-0.2, -0.15) is 5.26 Å². The van der Waals surface area contributed by atoms with E-state index >= 15 is 0 Å². The summed E-state index contributed by atoms with van der Waals surface area (Å²) in [6, 6.07) is 8.32. The molecule has 0 aliphatic heterocycles. The second-order valence-electron chi connectivity index (χ2n) is 4.05. The first-order valence-corrected chi connectivity index (χ1v) is 5.32. The van der Waals surface area contributed by atoms with Gasteiger partial charge in [0, 0.05) is 20.2 Å². The third-order valence-electron chi connectivity index (χ3n) is 2.72. The summed E-state index contributed by atoms with van der Waals surface area (Å²) in [6.45, 7) is 4.75. The van der Waals surface area contributed by atoms with Crippen molar-refractivity contribution in [1.29, 1.82) is 5.26 Å². The lowest BCUT2D eigenvalue weighted by molar-refractivity contribution is 0.183. The number of ether oxygens (including phenoxy) is 1. The van der Waals surface area contributed by atoms with Gasteiger partial charge < -0.3 is 9.64 Å². The first-order valence-electron chi connectivity index (χ1n) is 5.32. The Balaban J connectivity index is 3.02. The molecular weight excluding hydrogens is 200 g/mol. The summed E-state index contributed by atoms with van der Waals surface area (Å²) >= 11 is 0. The van der Waals surface area contributed by atoms with Gasteiger partial charge in [-0.25, -0.2) is 0 Å². The Labute approximate surface area is 97.3 Å². The molecule has 1 atom stereocenters. The molecule has 0 N–H and O–H groups in total. The summed E-state index contributed by atoms with van der Waals surface area (Å²) in [5, 5.41) is 9.06. The number of methoxy groups -OCH3 is 1. The Morgan fingerprint density at radius 3 is 2.75 bits per heavy atom. The fraction of sp³-hybridized carbons (Fsp3) is 0.462. The molecule has 0 heterocycles. The zero-order chi connectivity index (χ0) is 12.1. The highest BCUT2D eigenvalue weighted by Crippen LogP contribution is 2.22. The second kappa shape index (κ2) is 5.53. The van der Waals surface area contributed by atoms with Gasteiger partial charge >= 0.3 is 0 Å². The van der Waals surface area contributed by atoms with Crippen LogP contribution >= 0.6 is 0 Å². The molecule has 0 amide bonds. The van der Waals surface area contributed by atoms with E-state index in [4.69, 9.17) is 10.00 Å². The maximum absolute atomic E-state index is 9.06. The number of anilines is 1. The van der Waals surface area contributed by atoms with Crippen LogP contribution in [0, 0.1) is 18.3 Å². The molecule has 3 heteroatoms. The van der Waals surface area contributed by atoms with Crippen LogP contribution in [0.1, 0.15) is 18.1 Å². The Kier molecular flexibility index (Phi) is 4.33. The van der Waals surface area contributed by atoms with E-state index in [0.717, 1.165) is 11.3 Å². The third-order valence-corrected chi connectivity index (χ3v) is 2.72. The van der Waals surface area contributed by atoms with Crippen molar-refractivity contribution in [1.82, 2.24) is 0 Å². The summed E-state index contributed by atoms with van der Waals surface area (Å²) in [5.41, 5.74) is 2.83. The van der Waals surface area contributed by atoms with Crippen LogP contribution in [0.3, 0.4) is 0 Å². The van der Waals surface area contributed by atoms with E-state index in [0.29, 0.717) is 12.2 Å². The number of benzene rings is 1. The first kappa shape index (κ1) is 12.5. The molecule has 0 aliphatic rings. The molecule has 1 aromatic rings. The lowest BCUT2D eigenvalue weighted by Gasteiger charge is -2.27. The smallest absolute Gasteiger partial charge is 0.101 e. The standard InChI is InChI=1S/C13H18N2O/c1-10-5-6-12(8-14)13(7-10)15(3)11(2)9-16-4/h5-7,11H,9H2,1-4H3. The van der Waals surface area contributed by atoms with Crippen LogP contribution < -0.4 is 4.90 Å². The van der Waals surface area contributed by atoms with Crippen molar-refractivity contribution in [2.75, 3.05) is 25.7 Å². The fourth-order valence-electron chi connectivity index (χ4n) is 1.62. The van der Waals surface area contributed by atoms with Crippen molar-refractivity contribution in [3.05, 3.63) is 29.3 Å². The van der Waals surface area contributed by atoms with Crippen LogP contribution in [0.5, 0.6) is 0 Å². The summed E-state index contributed by atoms with van der Waals surface area (Å²) < 4.78 is 5.13. The Bertz CT molecular complexity index is 395. The van der Waals surface area contributed by atoms with Crippen LogP contribution in [0.15, 0.2) is 18.2 Å². The van der Waals surface area contributed by atoms with Gasteiger partial charge in [-0.05, 0) is 31.5 Å². The molecule has 1 rings (SSSR count). The molecular formula is C13H18N2O. The average Bonchev–Trinajstić information content (AvgIpc) is 2.28. The second-order valence-corrected chi connectivity index (χ2v) is 4.05. The van der Waals surface area contributed by atoms with Gasteiger partial charge in [0.2, 0.25) is 0 Å². The Hall–Kier alpha value is -1.53. The molecule has 86 valence electrons. The molecule has 0 aromatic heterocycles. The SMILES string of the molecule is COCC(C)N(C)c1cc(C)ccc1C#N. The zero-order valence-corrected chi connectivity index (χ0v) is 10.3. The number of likely N-dealkylation sites (N-methyl/N-ethyl adjacent to an activating group) is 1. The average molecular weight is 218 g/mol. The number of nitrogens with zero attached hydrogens (tertiary/aromatic N) is 2. The van der Waals surface area contributed by atoms with Crippen LogP contribution in [-0.4, -0.2) is 26.8 Å². The van der Waals surface area contributed by atoms with Crippen LogP contribution in [-0.2, 0) is 4.74 Å². The quantitative estimate of drug-likeness (QED) is 0.778. The monoisotopic (exact) mass is 218 g/mol. The summed E-state index contributed by atoms with van der Waals surface area (Å²) in [5.74, 6) is 0. The molecule has 0 fully saturated rings. The van der Waals surface area contributed by atoms with Gasteiger partial charge in [0.1, 0.15) is 6.07 Å². The molecule has 0 radical (unpaired) electrons. The molecule has 0 saturated heterocycles. The first-order chi connectivity index (χ1) is 7.60. The van der Waals surface area contributed by atoms with Gasteiger partial charge in [-0.3, -0.25) is 0 Å². The number of rotatable bonds is 4. The predicted octanol–water partition coefficient (Wildman–Crippen LogP) is 2.34. The van der Waals surface area contributed by atoms with Crippen molar-refractivity contribution in [3.8, 4) is 6.07 Å². The lowest BCUT2D eigenvalue weighted by Crippen LogP contribution is -2.33. The van der Waals surface area contributed by atoms with Crippen molar-refractivity contribution in [2.24, 2.45) is 0 Å². The van der Waals surface area contributed by atoms with Crippen molar-refractivity contribution < 1.29 is 4.74 Å². The summed E-state index contributed by atoms with van der Waals surface area (Å²) in [7, 11) is 3.67. The Morgan fingerprint density at radius 2 is 2.19 bits per heavy atom. The van der Waals surface area contributed by atoms with E-state index in [-0.39, 0.29) is 6.04 Å². The topological polar surface area (TPSA) is 36.3 Å². The molecule has 0 saturated carbocycles. The molecule has 0 spiro atoms. The highest BCUT2D eigenvalue weighted by atomic mass is 16.5. The van der Waals surface area contributed by atoms with Crippen LogP contribution in [0.25, 0.3) is 0 Å². The van der Waals surface area contributed by atoms with Crippen LogP contribution in [0.2, 0.25) is 0 Å². The molecule has 0 aliphatic carbocycles. The van der Waals surface area contributed by atoms with E-state index < -0.39 is 0 Å². The van der Waals surface area contributed by atoms with Gasteiger partial charge in [-0.1, -0.05) is 6.07 Å². The minimum absolute atomic E-state index is 0.249. The minimum atomic E-state index is 0.249. The molecule has 0 bridgehead atoms. The minimum Gasteiger partial charge on any atom is -0.383 e. The van der Waals surface area contributed by atoms with E-state index in [1.54, 1.807) is 7.11 Å². The molecule has 3 nitrogen and oxygen atoms in total. The molecule has 1 unspecified atom stereocenters. The van der Waals surface area contributed by atoms with Gasteiger partial charge in [-0.15, -0.1) is 0 Å². The van der Waals surface area contributed by atoms with Gasteiger partial charge in [0.05, 0.1) is 17.9 Å². The van der Waals surface area contributed by atoms with Crippen LogP contribution in [0.4, 0.5) is 5.69 Å². The van der Waals surface area contributed by atoms with Gasteiger partial charge in [0.25, 0.3) is 0 Å². The Morgan fingerprint density at radius 1 is 1.50 bits per heavy atom. The van der Waals surface area contributed by atoms with Crippen molar-refractivity contribution in [3.63, 3.8) is 0 Å². The predicted molar refractivity (Wildman–Crippen MR) is 65.6 cm³/mol. The highest BCUT2D eigenvalue weighted by molar-refractivity contribution is 5.60. The van der Waals surface area contributed by atoms with Gasteiger partial charge in [0.15, 0.2) is 0 Å². The third kappa shape index (κ3) is 2.74. The molecule has 16 heavy (non-hydrogen) atoms. The molecule has 1 aromatic carbocycles. The fourth-order valence-corrected chi connectivity index (χ4v) is 1.62. The summed E-state index contributed by atoms with van der Waals surface area (Å²) in [6.07, 6.45) is 0. The van der Waals surface area contributed by atoms with E-state index in [2.05, 4.69) is 17.9 Å². The summed E-state index contributed by atoms with van der Waals surface area (Å²) in [4.78, 5) is 2.08. The highest BCUT2D eigenvalue weighted by Gasteiger charge is 2.13. The van der Waals surface area contributed by atoms with E-state index in [9.17, 15) is 0 Å². The van der Waals surface area contributed by atoms with E-state index in [1.807, 2.05) is 32.2 Å². The van der Waals surface area contributed by atoms with E-state index in [1.165, 1.54) is 0 Å². The maximum atomic E-state index is 9.06. The number of nitriles is 1. The maximum Gasteiger partial charge on any atom is 0.101 e.